The third kappa shape index (κ3) is 4.49. The lowest BCUT2D eigenvalue weighted by Gasteiger charge is -2.12. The molecule has 0 saturated heterocycles. The average molecular weight is 408 g/mol. The SMILES string of the molecule is Cc1cc2c(cc(C(=O)NCc3ccc(F)cc3)n2CCOc2ccccc2)s1. The van der Waals surface area contributed by atoms with Crippen molar-refractivity contribution in [1.29, 1.82) is 0 Å². The van der Waals surface area contributed by atoms with Gasteiger partial charge in [-0.15, -0.1) is 11.3 Å². The van der Waals surface area contributed by atoms with Gasteiger partial charge in [-0.25, -0.2) is 4.39 Å². The quantitative estimate of drug-likeness (QED) is 0.459. The van der Waals surface area contributed by atoms with E-state index in [4.69, 9.17) is 4.74 Å². The molecule has 0 spiro atoms. The van der Waals surface area contributed by atoms with E-state index >= 15 is 0 Å². The Balaban J connectivity index is 1.50. The monoisotopic (exact) mass is 408 g/mol. The van der Waals surface area contributed by atoms with Crippen LogP contribution in [0.15, 0.2) is 66.7 Å². The number of aryl methyl sites for hydroxylation is 1. The fourth-order valence-corrected chi connectivity index (χ4v) is 4.20. The first-order valence-corrected chi connectivity index (χ1v) is 10.2. The normalized spacial score (nSPS) is 11.0. The van der Waals surface area contributed by atoms with E-state index in [0.29, 0.717) is 25.4 Å². The van der Waals surface area contributed by atoms with E-state index in [1.807, 2.05) is 41.0 Å². The van der Waals surface area contributed by atoms with E-state index in [1.165, 1.54) is 17.0 Å². The summed E-state index contributed by atoms with van der Waals surface area (Å²) in [4.78, 5) is 14.0. The number of carbonyl (C=O) groups is 1. The molecule has 4 rings (SSSR count). The minimum Gasteiger partial charge on any atom is -0.492 e. The van der Waals surface area contributed by atoms with E-state index in [-0.39, 0.29) is 11.7 Å². The number of carbonyl (C=O) groups excluding carboxylic acids is 1. The zero-order valence-corrected chi connectivity index (χ0v) is 16.8. The largest absolute Gasteiger partial charge is 0.492 e. The van der Waals surface area contributed by atoms with Gasteiger partial charge in [0.25, 0.3) is 5.91 Å². The number of aromatic nitrogens is 1. The lowest BCUT2D eigenvalue weighted by Crippen LogP contribution is -2.26. The van der Waals surface area contributed by atoms with E-state index in [9.17, 15) is 9.18 Å². The highest BCUT2D eigenvalue weighted by molar-refractivity contribution is 7.19. The molecule has 0 bridgehead atoms. The Labute approximate surface area is 172 Å². The van der Waals surface area contributed by atoms with Gasteiger partial charge in [0.1, 0.15) is 23.9 Å². The molecule has 29 heavy (non-hydrogen) atoms. The van der Waals surface area contributed by atoms with Gasteiger partial charge in [-0.1, -0.05) is 30.3 Å². The molecule has 0 unspecified atom stereocenters. The highest BCUT2D eigenvalue weighted by atomic mass is 32.1. The van der Waals surface area contributed by atoms with Gasteiger partial charge in [0, 0.05) is 11.4 Å². The second kappa shape index (κ2) is 8.49. The van der Waals surface area contributed by atoms with E-state index < -0.39 is 0 Å². The molecule has 0 fully saturated rings. The molecule has 0 saturated carbocycles. The van der Waals surface area contributed by atoms with Crippen LogP contribution in [-0.4, -0.2) is 17.1 Å². The molecular formula is C23H21FN2O2S. The number of para-hydroxylation sites is 1. The third-order valence-corrected chi connectivity index (χ3v) is 5.63. The third-order valence-electron chi connectivity index (χ3n) is 4.64. The van der Waals surface area contributed by atoms with Crippen LogP contribution in [-0.2, 0) is 13.1 Å². The van der Waals surface area contributed by atoms with Crippen molar-refractivity contribution in [3.8, 4) is 5.75 Å². The van der Waals surface area contributed by atoms with Crippen LogP contribution in [0.25, 0.3) is 10.2 Å². The number of ether oxygens (including phenoxy) is 1. The summed E-state index contributed by atoms with van der Waals surface area (Å²) in [6, 6.07) is 19.8. The Morgan fingerprint density at radius 1 is 1.10 bits per heavy atom. The van der Waals surface area contributed by atoms with Crippen LogP contribution >= 0.6 is 11.3 Å². The van der Waals surface area contributed by atoms with Crippen LogP contribution in [0.4, 0.5) is 4.39 Å². The van der Waals surface area contributed by atoms with Crippen molar-refractivity contribution in [3.05, 3.63) is 88.7 Å². The van der Waals surface area contributed by atoms with Crippen LogP contribution in [0.3, 0.4) is 0 Å². The second-order valence-electron chi connectivity index (χ2n) is 6.76. The Kier molecular flexibility index (Phi) is 5.62. The highest BCUT2D eigenvalue weighted by Crippen LogP contribution is 2.29. The number of amides is 1. The molecule has 4 nitrogen and oxygen atoms in total. The van der Waals surface area contributed by atoms with Crippen LogP contribution in [0.1, 0.15) is 20.9 Å². The number of rotatable bonds is 7. The fraction of sp³-hybridized carbons (Fsp3) is 0.174. The van der Waals surface area contributed by atoms with Gasteiger partial charge in [-0.3, -0.25) is 4.79 Å². The predicted molar refractivity (Wildman–Crippen MR) is 114 cm³/mol. The number of thiophene rings is 1. The summed E-state index contributed by atoms with van der Waals surface area (Å²) in [6.07, 6.45) is 0. The Bertz CT molecular complexity index is 1120. The van der Waals surface area contributed by atoms with Crippen molar-refractivity contribution < 1.29 is 13.9 Å². The second-order valence-corrected chi connectivity index (χ2v) is 8.05. The summed E-state index contributed by atoms with van der Waals surface area (Å²) >= 11 is 1.67. The maximum Gasteiger partial charge on any atom is 0.268 e. The molecule has 0 aliphatic carbocycles. The number of fused-ring (bicyclic) bond motifs is 1. The molecule has 4 aromatic rings. The molecule has 6 heteroatoms. The summed E-state index contributed by atoms with van der Waals surface area (Å²) in [5.74, 6) is 0.359. The molecule has 148 valence electrons. The Morgan fingerprint density at radius 3 is 2.62 bits per heavy atom. The fourth-order valence-electron chi connectivity index (χ4n) is 3.24. The molecule has 0 atom stereocenters. The number of hydrogen-bond donors (Lipinski definition) is 1. The molecular weight excluding hydrogens is 387 g/mol. The van der Waals surface area contributed by atoms with Crippen LogP contribution < -0.4 is 10.1 Å². The van der Waals surface area contributed by atoms with Gasteiger partial charge >= 0.3 is 0 Å². The summed E-state index contributed by atoms with van der Waals surface area (Å²) in [5, 5.41) is 2.93. The van der Waals surface area contributed by atoms with E-state index in [0.717, 1.165) is 21.5 Å². The van der Waals surface area contributed by atoms with Crippen molar-refractivity contribution in [2.45, 2.75) is 20.0 Å². The smallest absolute Gasteiger partial charge is 0.268 e. The molecule has 1 N–H and O–H groups in total. The van der Waals surface area contributed by atoms with E-state index in [1.54, 1.807) is 23.5 Å². The van der Waals surface area contributed by atoms with Gasteiger partial charge in [0.05, 0.1) is 16.8 Å². The summed E-state index contributed by atoms with van der Waals surface area (Å²) in [6.45, 7) is 3.43. The maximum atomic E-state index is 13.1. The van der Waals surface area contributed by atoms with Gasteiger partial charge < -0.3 is 14.6 Å². The number of nitrogens with zero attached hydrogens (tertiary/aromatic N) is 1. The number of halogens is 1. The average Bonchev–Trinajstić information content (AvgIpc) is 3.25. The minimum atomic E-state index is -0.289. The Morgan fingerprint density at radius 2 is 1.86 bits per heavy atom. The first-order valence-electron chi connectivity index (χ1n) is 9.40. The number of hydrogen-bond acceptors (Lipinski definition) is 3. The summed E-state index contributed by atoms with van der Waals surface area (Å²) < 4.78 is 22.0. The van der Waals surface area contributed by atoms with Gasteiger partial charge in [0.15, 0.2) is 0 Å². The van der Waals surface area contributed by atoms with Gasteiger partial charge in [-0.2, -0.15) is 0 Å². The van der Waals surface area contributed by atoms with Crippen LogP contribution in [0.2, 0.25) is 0 Å². The molecule has 0 aliphatic heterocycles. The number of nitrogens with one attached hydrogen (secondary N) is 1. The standard InChI is InChI=1S/C23H21FN2O2S/c1-16-13-20-22(29-16)14-21(23(27)25-15-17-7-9-18(24)10-8-17)26(20)11-12-28-19-5-3-2-4-6-19/h2-10,13-14H,11-12,15H2,1H3,(H,25,27). The van der Waals surface area contributed by atoms with Gasteiger partial charge in [0.2, 0.25) is 0 Å². The van der Waals surface area contributed by atoms with E-state index in [2.05, 4.69) is 18.3 Å². The topological polar surface area (TPSA) is 43.3 Å². The summed E-state index contributed by atoms with van der Waals surface area (Å²) in [5.41, 5.74) is 2.49. The predicted octanol–water partition coefficient (Wildman–Crippen LogP) is 5.16. The van der Waals surface area contributed by atoms with Crippen molar-refractivity contribution in [2.24, 2.45) is 0 Å². The van der Waals surface area contributed by atoms with Crippen LogP contribution in [0.5, 0.6) is 5.75 Å². The molecule has 0 radical (unpaired) electrons. The lowest BCUT2D eigenvalue weighted by molar-refractivity contribution is 0.0941. The van der Waals surface area contributed by atoms with Crippen molar-refractivity contribution >= 4 is 27.5 Å². The van der Waals surface area contributed by atoms with Crippen molar-refractivity contribution in [3.63, 3.8) is 0 Å². The summed E-state index contributed by atoms with van der Waals surface area (Å²) in [7, 11) is 0. The first-order chi connectivity index (χ1) is 14.1. The highest BCUT2D eigenvalue weighted by Gasteiger charge is 2.17. The van der Waals surface area contributed by atoms with Crippen molar-refractivity contribution in [1.82, 2.24) is 9.88 Å². The first kappa shape index (κ1) is 19.2. The lowest BCUT2D eigenvalue weighted by atomic mass is 10.2. The molecule has 2 heterocycles. The number of benzene rings is 2. The molecule has 2 aromatic carbocycles. The maximum absolute atomic E-state index is 13.1. The molecule has 0 aliphatic rings. The van der Waals surface area contributed by atoms with Crippen molar-refractivity contribution in [2.75, 3.05) is 6.61 Å². The van der Waals surface area contributed by atoms with Gasteiger partial charge in [-0.05, 0) is 48.9 Å². The van der Waals surface area contributed by atoms with Crippen LogP contribution in [0, 0.1) is 12.7 Å². The zero-order valence-electron chi connectivity index (χ0n) is 16.0. The minimum absolute atomic E-state index is 0.157. The zero-order chi connectivity index (χ0) is 20.2. The molecule has 1 amide bonds. The molecule has 2 aromatic heterocycles. The Hall–Kier alpha value is -3.12.